The van der Waals surface area contributed by atoms with E-state index in [0.29, 0.717) is 24.4 Å². The molecule has 170 valence electrons. The lowest BCUT2D eigenvalue weighted by Gasteiger charge is -2.27. The van der Waals surface area contributed by atoms with Gasteiger partial charge in [0.15, 0.2) is 0 Å². The highest BCUT2D eigenvalue weighted by molar-refractivity contribution is 6.46. The molecule has 0 aliphatic carbocycles. The van der Waals surface area contributed by atoms with E-state index in [0.717, 1.165) is 11.1 Å². The minimum atomic E-state index is -0.664. The molecular weight excluding hydrogens is 404 g/mol. The second-order valence-corrected chi connectivity index (χ2v) is 9.37. The molecule has 1 atom stereocenters. The van der Waals surface area contributed by atoms with E-state index in [1.54, 1.807) is 24.1 Å². The van der Waals surface area contributed by atoms with Crippen molar-refractivity contribution in [2.45, 2.75) is 32.2 Å². The Morgan fingerprint density at radius 2 is 1.75 bits per heavy atom. The Labute approximate surface area is 190 Å². The van der Waals surface area contributed by atoms with Gasteiger partial charge >= 0.3 is 0 Å². The number of Topliss-reactive ketones (excluding diaryl/α,β-unsaturated/α-hetero) is 1. The zero-order chi connectivity index (χ0) is 23.6. The number of carbonyl (C=O) groups excluding carboxylic acids is 2. The van der Waals surface area contributed by atoms with Crippen LogP contribution < -0.4 is 4.74 Å². The number of methoxy groups -OCH3 is 1. The maximum atomic E-state index is 13.1. The maximum Gasteiger partial charge on any atom is 0.295 e. The van der Waals surface area contributed by atoms with Crippen LogP contribution in [0.15, 0.2) is 54.1 Å². The van der Waals surface area contributed by atoms with Crippen molar-refractivity contribution in [3.63, 3.8) is 0 Å². The van der Waals surface area contributed by atoms with Gasteiger partial charge in [-0.25, -0.2) is 0 Å². The quantitative estimate of drug-likeness (QED) is 0.421. The van der Waals surface area contributed by atoms with Crippen LogP contribution in [0.4, 0.5) is 0 Å². The number of aliphatic hydroxyl groups excluding tert-OH is 1. The van der Waals surface area contributed by atoms with Crippen LogP contribution in [0.3, 0.4) is 0 Å². The first-order chi connectivity index (χ1) is 15.1. The molecule has 1 N–H and O–H groups in total. The van der Waals surface area contributed by atoms with Crippen LogP contribution in [0.5, 0.6) is 5.75 Å². The third-order valence-electron chi connectivity index (χ3n) is 5.72. The topological polar surface area (TPSA) is 70.1 Å². The highest BCUT2D eigenvalue weighted by atomic mass is 16.5. The molecular formula is C26H32N2O4. The highest BCUT2D eigenvalue weighted by Crippen LogP contribution is 2.40. The first-order valence-electron chi connectivity index (χ1n) is 10.7. The molecule has 1 amide bonds. The van der Waals surface area contributed by atoms with Crippen molar-refractivity contribution in [3.8, 4) is 5.75 Å². The van der Waals surface area contributed by atoms with Crippen molar-refractivity contribution >= 4 is 17.4 Å². The molecule has 2 aromatic rings. The van der Waals surface area contributed by atoms with Crippen molar-refractivity contribution in [3.05, 3.63) is 70.8 Å². The number of aliphatic hydroxyl groups is 1. The molecule has 32 heavy (non-hydrogen) atoms. The van der Waals surface area contributed by atoms with Gasteiger partial charge in [-0.1, -0.05) is 51.1 Å². The smallest absolute Gasteiger partial charge is 0.295 e. The first-order valence-corrected chi connectivity index (χ1v) is 10.7. The fraction of sp³-hybridized carbons (Fsp3) is 0.385. The van der Waals surface area contributed by atoms with Crippen LogP contribution in [0.1, 0.15) is 43.5 Å². The Kier molecular flexibility index (Phi) is 6.74. The number of nitrogens with zero attached hydrogens (tertiary/aromatic N) is 2. The van der Waals surface area contributed by atoms with Crippen molar-refractivity contribution in [2.75, 3.05) is 34.3 Å². The largest absolute Gasteiger partial charge is 0.507 e. The lowest BCUT2D eigenvalue weighted by molar-refractivity contribution is -0.140. The number of benzene rings is 2. The van der Waals surface area contributed by atoms with Gasteiger partial charge in [-0.2, -0.15) is 0 Å². The minimum Gasteiger partial charge on any atom is -0.507 e. The predicted molar refractivity (Wildman–Crippen MR) is 126 cm³/mol. The number of likely N-dealkylation sites (tertiary alicyclic amines) is 1. The van der Waals surface area contributed by atoms with Gasteiger partial charge in [0.25, 0.3) is 11.7 Å². The Morgan fingerprint density at radius 3 is 2.31 bits per heavy atom. The lowest BCUT2D eigenvalue weighted by Crippen LogP contribution is -2.35. The van der Waals surface area contributed by atoms with Crippen LogP contribution in [-0.4, -0.2) is 60.9 Å². The van der Waals surface area contributed by atoms with Gasteiger partial charge in [0.05, 0.1) is 18.7 Å². The number of hydrogen-bond acceptors (Lipinski definition) is 5. The van der Waals surface area contributed by atoms with E-state index in [9.17, 15) is 14.7 Å². The number of ether oxygens (including phenoxy) is 1. The monoisotopic (exact) mass is 436 g/mol. The molecule has 3 rings (SSSR count). The zero-order valence-electron chi connectivity index (χ0n) is 19.7. The van der Waals surface area contributed by atoms with Crippen LogP contribution >= 0.6 is 0 Å². The van der Waals surface area contributed by atoms with Gasteiger partial charge in [0.2, 0.25) is 0 Å². The number of rotatable bonds is 6. The summed E-state index contributed by atoms with van der Waals surface area (Å²) in [5, 5.41) is 11.3. The van der Waals surface area contributed by atoms with Crippen molar-refractivity contribution in [2.24, 2.45) is 0 Å². The molecule has 0 radical (unpaired) electrons. The summed E-state index contributed by atoms with van der Waals surface area (Å²) in [6.07, 6.45) is 0. The van der Waals surface area contributed by atoms with Gasteiger partial charge in [0.1, 0.15) is 11.5 Å². The third-order valence-corrected chi connectivity index (χ3v) is 5.72. The Hall–Kier alpha value is -3.12. The average molecular weight is 437 g/mol. The first kappa shape index (κ1) is 23.5. The molecule has 1 aliphatic heterocycles. The molecule has 6 nitrogen and oxygen atoms in total. The molecule has 2 aromatic carbocycles. The van der Waals surface area contributed by atoms with Gasteiger partial charge < -0.3 is 19.6 Å². The SMILES string of the molecule is COc1ccc(/C(O)=C2/C(=O)C(=O)N(CCN(C)C)C2c2ccccc2)cc1C(C)(C)C. The fourth-order valence-electron chi connectivity index (χ4n) is 4.00. The molecule has 1 fully saturated rings. The number of hydrogen-bond donors (Lipinski definition) is 1. The molecule has 1 aliphatic rings. The molecule has 0 saturated carbocycles. The van der Waals surface area contributed by atoms with Crippen LogP contribution in [0, 0.1) is 0 Å². The van der Waals surface area contributed by atoms with E-state index in [1.807, 2.05) is 55.4 Å². The molecule has 0 spiro atoms. The summed E-state index contributed by atoms with van der Waals surface area (Å²) in [6.45, 7) is 7.15. The second kappa shape index (κ2) is 9.17. The number of ketones is 1. The van der Waals surface area contributed by atoms with E-state index >= 15 is 0 Å². The summed E-state index contributed by atoms with van der Waals surface area (Å²) in [7, 11) is 5.44. The maximum absolute atomic E-state index is 13.1. The predicted octanol–water partition coefficient (Wildman–Crippen LogP) is 3.98. The molecule has 6 heteroatoms. The van der Waals surface area contributed by atoms with Crippen molar-refractivity contribution < 1.29 is 19.4 Å². The number of carbonyl (C=O) groups is 2. The van der Waals surface area contributed by atoms with Gasteiger partial charge in [0, 0.05) is 24.2 Å². The summed E-state index contributed by atoms with van der Waals surface area (Å²) in [6, 6.07) is 14.1. The van der Waals surface area contributed by atoms with E-state index in [4.69, 9.17) is 4.74 Å². The highest BCUT2D eigenvalue weighted by Gasteiger charge is 2.45. The summed E-state index contributed by atoms with van der Waals surface area (Å²) < 4.78 is 5.50. The van der Waals surface area contributed by atoms with Gasteiger partial charge in [-0.05, 0) is 43.3 Å². The standard InChI is InChI=1S/C26H32N2O4/c1-26(2,3)19-16-18(12-13-20(19)32-6)23(29)21-22(17-10-8-7-9-11-17)28(15-14-27(4)5)25(31)24(21)30/h7-13,16,22,29H,14-15H2,1-6H3/b23-21-. The van der Waals surface area contributed by atoms with E-state index in [-0.39, 0.29) is 16.7 Å². The second-order valence-electron chi connectivity index (χ2n) is 9.37. The lowest BCUT2D eigenvalue weighted by atomic mass is 9.84. The Bertz CT molecular complexity index is 1040. The van der Waals surface area contributed by atoms with E-state index in [1.165, 1.54) is 0 Å². The average Bonchev–Trinajstić information content (AvgIpc) is 3.01. The molecule has 0 bridgehead atoms. The van der Waals surface area contributed by atoms with E-state index in [2.05, 4.69) is 20.8 Å². The summed E-state index contributed by atoms with van der Waals surface area (Å²) in [5.74, 6) is -0.715. The molecule has 0 aromatic heterocycles. The van der Waals surface area contributed by atoms with Gasteiger partial charge in [-0.15, -0.1) is 0 Å². The minimum absolute atomic E-state index is 0.116. The van der Waals surface area contributed by atoms with Crippen molar-refractivity contribution in [1.82, 2.24) is 9.80 Å². The normalized spacial score (nSPS) is 18.5. The van der Waals surface area contributed by atoms with Crippen LogP contribution in [0.25, 0.3) is 5.76 Å². The van der Waals surface area contributed by atoms with Crippen LogP contribution in [-0.2, 0) is 15.0 Å². The molecule has 1 saturated heterocycles. The zero-order valence-corrected chi connectivity index (χ0v) is 19.7. The third kappa shape index (κ3) is 4.55. The molecule has 1 unspecified atom stereocenters. The Morgan fingerprint density at radius 1 is 1.09 bits per heavy atom. The van der Waals surface area contributed by atoms with Crippen LogP contribution in [0.2, 0.25) is 0 Å². The summed E-state index contributed by atoms with van der Waals surface area (Å²) in [4.78, 5) is 29.6. The number of likely N-dealkylation sites (N-methyl/N-ethyl adjacent to an activating group) is 1. The van der Waals surface area contributed by atoms with E-state index < -0.39 is 17.7 Å². The summed E-state index contributed by atoms with van der Waals surface area (Å²) in [5.41, 5.74) is 2.06. The fourth-order valence-corrected chi connectivity index (χ4v) is 4.00. The number of amides is 1. The Balaban J connectivity index is 2.18. The summed E-state index contributed by atoms with van der Waals surface area (Å²) >= 11 is 0. The van der Waals surface area contributed by atoms with Crippen molar-refractivity contribution in [1.29, 1.82) is 0 Å². The van der Waals surface area contributed by atoms with Gasteiger partial charge in [-0.3, -0.25) is 9.59 Å². The molecule has 1 heterocycles.